The third kappa shape index (κ3) is 3.44. The topological polar surface area (TPSA) is 62.4 Å². The third-order valence-electron chi connectivity index (χ3n) is 6.99. The molecule has 2 aliphatic rings. The molecule has 1 amide bonds. The molecule has 37 heavy (non-hydrogen) atoms. The summed E-state index contributed by atoms with van der Waals surface area (Å²) in [7, 11) is 0. The number of nitrogens with one attached hydrogen (secondary N) is 3. The first-order valence-corrected chi connectivity index (χ1v) is 12.2. The summed E-state index contributed by atoms with van der Waals surface area (Å²) in [6.45, 7) is 0. The van der Waals surface area contributed by atoms with E-state index in [9.17, 15) is 4.79 Å². The highest BCUT2D eigenvalue weighted by Gasteiger charge is 2.50. The van der Waals surface area contributed by atoms with Crippen LogP contribution >= 0.6 is 0 Å². The second kappa shape index (κ2) is 8.28. The van der Waals surface area contributed by atoms with Gasteiger partial charge in [0.05, 0.1) is 0 Å². The van der Waals surface area contributed by atoms with E-state index in [4.69, 9.17) is 4.74 Å². The van der Waals surface area contributed by atoms with Crippen molar-refractivity contribution in [3.8, 4) is 11.5 Å². The van der Waals surface area contributed by atoms with Gasteiger partial charge in [0, 0.05) is 51.6 Å². The molecule has 5 aromatic rings. The third-order valence-corrected chi connectivity index (χ3v) is 6.99. The Morgan fingerprint density at radius 1 is 0.541 bits per heavy atom. The molecule has 178 valence electrons. The lowest BCUT2D eigenvalue weighted by atomic mass is 9.75. The van der Waals surface area contributed by atoms with E-state index in [2.05, 4.69) is 16.0 Å². The van der Waals surface area contributed by atoms with Gasteiger partial charge in [-0.1, -0.05) is 66.7 Å². The molecule has 2 heterocycles. The van der Waals surface area contributed by atoms with Gasteiger partial charge in [0.15, 0.2) is 0 Å². The number of benzene rings is 5. The number of anilines is 4. The van der Waals surface area contributed by atoms with Gasteiger partial charge in [-0.05, 0) is 48.0 Å². The van der Waals surface area contributed by atoms with Gasteiger partial charge in [-0.25, -0.2) is 0 Å². The Morgan fingerprint density at radius 3 is 1.62 bits per heavy atom. The lowest BCUT2D eigenvalue weighted by Gasteiger charge is -2.38. The number of amides is 1. The van der Waals surface area contributed by atoms with E-state index >= 15 is 0 Å². The maximum absolute atomic E-state index is 13.2. The van der Waals surface area contributed by atoms with Gasteiger partial charge in [0.2, 0.25) is 0 Å². The molecule has 0 aromatic heterocycles. The Morgan fingerprint density at radius 2 is 1.05 bits per heavy atom. The molecule has 0 bridgehead atoms. The van der Waals surface area contributed by atoms with E-state index in [1.54, 1.807) is 0 Å². The minimum atomic E-state index is -0.840. The molecule has 2 aliphatic heterocycles. The van der Waals surface area contributed by atoms with E-state index in [0.29, 0.717) is 17.1 Å². The molecule has 0 unspecified atom stereocenters. The lowest BCUT2D eigenvalue weighted by molar-refractivity contribution is 0.0947. The second-order valence-electron chi connectivity index (χ2n) is 9.26. The molecular formula is C32H23N3O2. The standard InChI is InChI=1S/C32H23N3O2/c36-31-25-13-7-8-14-26(25)32(35-31)27-17-15-23(33-21-9-3-1-4-10-21)19-29(27)37-30-20-24(16-18-28(30)32)34-22-11-5-2-6-12-22/h1-20,33-34H,(H,35,36). The molecule has 5 heteroatoms. The zero-order valence-corrected chi connectivity index (χ0v) is 19.9. The van der Waals surface area contributed by atoms with E-state index in [-0.39, 0.29) is 5.91 Å². The fourth-order valence-electron chi connectivity index (χ4n) is 5.37. The highest BCUT2D eigenvalue weighted by molar-refractivity contribution is 6.02. The molecule has 0 fully saturated rings. The van der Waals surface area contributed by atoms with Gasteiger partial charge < -0.3 is 20.7 Å². The SMILES string of the molecule is O=C1NC2(c3ccc(Nc4ccccc4)cc3Oc3cc(Nc4ccccc4)ccc32)c2ccccc21. The molecule has 7 rings (SSSR count). The summed E-state index contributed by atoms with van der Waals surface area (Å²) >= 11 is 0. The summed E-state index contributed by atoms with van der Waals surface area (Å²) in [5.41, 5.74) is 6.36. The summed E-state index contributed by atoms with van der Waals surface area (Å²) in [6.07, 6.45) is 0. The fraction of sp³-hybridized carbons (Fsp3) is 0.0312. The van der Waals surface area contributed by atoms with Crippen LogP contribution in [0.3, 0.4) is 0 Å². The number of fused-ring (bicyclic) bond motifs is 6. The predicted octanol–water partition coefficient (Wildman–Crippen LogP) is 7.31. The highest BCUT2D eigenvalue weighted by Crippen LogP contribution is 2.54. The summed E-state index contributed by atoms with van der Waals surface area (Å²) < 4.78 is 6.54. The van der Waals surface area contributed by atoms with Gasteiger partial charge in [-0.15, -0.1) is 0 Å². The number of carbonyl (C=O) groups is 1. The molecule has 3 N–H and O–H groups in total. The van der Waals surface area contributed by atoms with E-state index in [1.807, 2.05) is 121 Å². The summed E-state index contributed by atoms with van der Waals surface area (Å²) in [5.74, 6) is 1.30. The van der Waals surface area contributed by atoms with Gasteiger partial charge in [-0.2, -0.15) is 0 Å². The Hall–Kier alpha value is -5.03. The van der Waals surface area contributed by atoms with Crippen molar-refractivity contribution in [1.82, 2.24) is 5.32 Å². The van der Waals surface area contributed by atoms with Crippen LogP contribution in [0.4, 0.5) is 22.7 Å². The molecule has 5 aromatic carbocycles. The molecule has 1 spiro atoms. The first kappa shape index (κ1) is 21.3. The van der Waals surface area contributed by atoms with Crippen LogP contribution < -0.4 is 20.7 Å². The van der Waals surface area contributed by atoms with Gasteiger partial charge in [-0.3, -0.25) is 4.79 Å². The maximum atomic E-state index is 13.2. The van der Waals surface area contributed by atoms with Crippen molar-refractivity contribution < 1.29 is 9.53 Å². The van der Waals surface area contributed by atoms with Crippen LogP contribution in [0.5, 0.6) is 11.5 Å². The maximum Gasteiger partial charge on any atom is 0.252 e. The largest absolute Gasteiger partial charge is 0.456 e. The number of hydrogen-bond acceptors (Lipinski definition) is 4. The highest BCUT2D eigenvalue weighted by atomic mass is 16.5. The number of carbonyl (C=O) groups excluding carboxylic acids is 1. The minimum absolute atomic E-state index is 0.0904. The quantitative estimate of drug-likeness (QED) is 0.252. The van der Waals surface area contributed by atoms with Crippen LogP contribution in [0.1, 0.15) is 27.0 Å². The average molecular weight is 482 g/mol. The zero-order valence-electron chi connectivity index (χ0n) is 19.9. The normalized spacial score (nSPS) is 14.1. The van der Waals surface area contributed by atoms with Crippen LogP contribution in [0.2, 0.25) is 0 Å². The second-order valence-corrected chi connectivity index (χ2v) is 9.26. The monoisotopic (exact) mass is 481 g/mol. The first-order chi connectivity index (χ1) is 18.2. The average Bonchev–Trinajstić information content (AvgIpc) is 3.22. The Labute approximate surface area is 214 Å². The number of hydrogen-bond donors (Lipinski definition) is 3. The van der Waals surface area contributed by atoms with Crippen molar-refractivity contribution in [3.05, 3.63) is 144 Å². The van der Waals surface area contributed by atoms with Gasteiger partial charge in [0.25, 0.3) is 5.91 Å². The number of rotatable bonds is 4. The summed E-state index contributed by atoms with van der Waals surface area (Å²) in [6, 6.07) is 40.0. The van der Waals surface area contributed by atoms with Crippen LogP contribution in [0.15, 0.2) is 121 Å². The zero-order chi connectivity index (χ0) is 24.8. The Balaban J connectivity index is 1.38. The van der Waals surface area contributed by atoms with Gasteiger partial charge in [0.1, 0.15) is 17.0 Å². The number of para-hydroxylation sites is 2. The van der Waals surface area contributed by atoms with Crippen molar-refractivity contribution in [2.75, 3.05) is 10.6 Å². The van der Waals surface area contributed by atoms with Crippen molar-refractivity contribution in [1.29, 1.82) is 0 Å². The molecule has 0 atom stereocenters. The molecule has 0 radical (unpaired) electrons. The summed E-state index contributed by atoms with van der Waals surface area (Å²) in [5, 5.41) is 10.2. The van der Waals surface area contributed by atoms with Crippen LogP contribution in [-0.4, -0.2) is 5.91 Å². The van der Waals surface area contributed by atoms with Crippen molar-refractivity contribution in [3.63, 3.8) is 0 Å². The molecular weight excluding hydrogens is 458 g/mol. The van der Waals surface area contributed by atoms with E-state index in [1.165, 1.54) is 0 Å². The molecule has 5 nitrogen and oxygen atoms in total. The number of ether oxygens (including phenoxy) is 1. The van der Waals surface area contributed by atoms with E-state index < -0.39 is 5.54 Å². The van der Waals surface area contributed by atoms with Crippen molar-refractivity contribution in [2.24, 2.45) is 0 Å². The van der Waals surface area contributed by atoms with E-state index in [0.717, 1.165) is 39.4 Å². The molecule has 0 saturated carbocycles. The lowest BCUT2D eigenvalue weighted by Crippen LogP contribution is -2.43. The van der Waals surface area contributed by atoms with Crippen molar-refractivity contribution >= 4 is 28.7 Å². The first-order valence-electron chi connectivity index (χ1n) is 12.2. The Bertz CT molecular complexity index is 1560. The molecule has 0 saturated heterocycles. The van der Waals surface area contributed by atoms with Crippen molar-refractivity contribution in [2.45, 2.75) is 5.54 Å². The smallest absolute Gasteiger partial charge is 0.252 e. The summed E-state index contributed by atoms with van der Waals surface area (Å²) in [4.78, 5) is 13.2. The van der Waals surface area contributed by atoms with Gasteiger partial charge >= 0.3 is 0 Å². The van der Waals surface area contributed by atoms with Crippen LogP contribution in [-0.2, 0) is 5.54 Å². The fourth-order valence-corrected chi connectivity index (χ4v) is 5.37. The predicted molar refractivity (Wildman–Crippen MR) is 146 cm³/mol. The van der Waals surface area contributed by atoms with Crippen LogP contribution in [0, 0.1) is 0 Å². The Kier molecular flexibility index (Phi) is 4.76. The van der Waals surface area contributed by atoms with Crippen LogP contribution in [0.25, 0.3) is 0 Å². The minimum Gasteiger partial charge on any atom is -0.456 e. The molecule has 0 aliphatic carbocycles.